The summed E-state index contributed by atoms with van der Waals surface area (Å²) in [6.07, 6.45) is 4.51. The van der Waals surface area contributed by atoms with Crippen molar-refractivity contribution < 1.29 is 4.79 Å². The normalized spacial score (nSPS) is 18.2. The average molecular weight is 290 g/mol. The van der Waals surface area contributed by atoms with Gasteiger partial charge in [-0.25, -0.2) is 0 Å². The second kappa shape index (κ2) is 5.97. The van der Waals surface area contributed by atoms with Gasteiger partial charge in [0.15, 0.2) is 0 Å². The van der Waals surface area contributed by atoms with E-state index in [0.29, 0.717) is 19.4 Å². The third-order valence-corrected chi connectivity index (χ3v) is 5.47. The minimum atomic E-state index is -0.788. The molecule has 0 saturated heterocycles. The zero-order valence-electron chi connectivity index (χ0n) is 12.2. The second-order valence-corrected chi connectivity index (χ2v) is 7.25. The highest BCUT2D eigenvalue weighted by molar-refractivity contribution is 7.10. The quantitative estimate of drug-likeness (QED) is 0.921. The zero-order chi connectivity index (χ0) is 14.6. The molecule has 108 valence electrons. The van der Waals surface area contributed by atoms with E-state index in [9.17, 15) is 10.1 Å². The van der Waals surface area contributed by atoms with Gasteiger partial charge in [0, 0.05) is 16.8 Å². The molecule has 1 aromatic heterocycles. The molecule has 0 radical (unpaired) electrons. The lowest BCUT2D eigenvalue weighted by atomic mass is 9.74. The van der Waals surface area contributed by atoms with Crippen molar-refractivity contribution in [3.05, 3.63) is 22.4 Å². The molecule has 1 heterocycles. The first-order valence-electron chi connectivity index (χ1n) is 7.24. The molecule has 0 atom stereocenters. The Balaban J connectivity index is 2.00. The van der Waals surface area contributed by atoms with Crippen molar-refractivity contribution in [2.75, 3.05) is 6.54 Å². The number of nitrogens with zero attached hydrogens (tertiary/aromatic N) is 1. The summed E-state index contributed by atoms with van der Waals surface area (Å²) >= 11 is 1.71. The minimum absolute atomic E-state index is 0.0793. The van der Waals surface area contributed by atoms with E-state index in [1.165, 1.54) is 4.88 Å². The molecule has 1 aliphatic carbocycles. The summed E-state index contributed by atoms with van der Waals surface area (Å²) in [6.45, 7) is 4.83. The van der Waals surface area contributed by atoms with Crippen LogP contribution >= 0.6 is 11.3 Å². The number of hydrogen-bond donors (Lipinski definition) is 1. The Morgan fingerprint density at radius 2 is 2.15 bits per heavy atom. The van der Waals surface area contributed by atoms with Gasteiger partial charge >= 0.3 is 0 Å². The highest BCUT2D eigenvalue weighted by atomic mass is 32.1. The molecule has 20 heavy (non-hydrogen) atoms. The number of nitriles is 1. The van der Waals surface area contributed by atoms with E-state index in [1.807, 2.05) is 6.07 Å². The molecule has 2 rings (SSSR count). The van der Waals surface area contributed by atoms with Gasteiger partial charge in [0.25, 0.3) is 0 Å². The van der Waals surface area contributed by atoms with Crippen LogP contribution < -0.4 is 5.32 Å². The summed E-state index contributed by atoms with van der Waals surface area (Å²) in [7, 11) is 0. The van der Waals surface area contributed by atoms with Gasteiger partial charge < -0.3 is 5.32 Å². The Labute approximate surface area is 125 Å². The zero-order valence-corrected chi connectivity index (χ0v) is 13.1. The highest BCUT2D eigenvalue weighted by Gasteiger charge is 2.40. The summed E-state index contributed by atoms with van der Waals surface area (Å²) < 4.78 is 0. The third-order valence-electron chi connectivity index (χ3n) is 4.23. The highest BCUT2D eigenvalue weighted by Crippen LogP contribution is 2.36. The largest absolute Gasteiger partial charge is 0.354 e. The third kappa shape index (κ3) is 3.04. The Morgan fingerprint density at radius 3 is 2.70 bits per heavy atom. The molecule has 1 fully saturated rings. The molecule has 0 unspecified atom stereocenters. The predicted molar refractivity (Wildman–Crippen MR) is 81.5 cm³/mol. The predicted octanol–water partition coefficient (Wildman–Crippen LogP) is 3.62. The molecule has 0 aromatic carbocycles. The van der Waals surface area contributed by atoms with E-state index >= 15 is 0 Å². The maximum Gasteiger partial charge on any atom is 0.240 e. The molecular formula is C16H22N2OS. The molecule has 1 N–H and O–H groups in total. The first-order valence-corrected chi connectivity index (χ1v) is 8.12. The van der Waals surface area contributed by atoms with Crippen LogP contribution in [-0.4, -0.2) is 12.5 Å². The Kier molecular flexibility index (Phi) is 4.49. The van der Waals surface area contributed by atoms with Gasteiger partial charge in [-0.3, -0.25) is 4.79 Å². The molecular weight excluding hydrogens is 268 g/mol. The first kappa shape index (κ1) is 15.1. The molecule has 1 aromatic rings. The lowest BCUT2D eigenvalue weighted by Crippen LogP contribution is -2.45. The van der Waals surface area contributed by atoms with Crippen molar-refractivity contribution in [3.8, 4) is 6.07 Å². The van der Waals surface area contributed by atoms with Crippen molar-refractivity contribution >= 4 is 17.2 Å². The summed E-state index contributed by atoms with van der Waals surface area (Å²) in [5, 5.41) is 14.5. The van der Waals surface area contributed by atoms with Crippen molar-refractivity contribution in [1.29, 1.82) is 5.26 Å². The van der Waals surface area contributed by atoms with Crippen LogP contribution in [0.3, 0.4) is 0 Å². The van der Waals surface area contributed by atoms with Gasteiger partial charge in [0.1, 0.15) is 5.41 Å². The van der Waals surface area contributed by atoms with Crippen LogP contribution in [0.1, 0.15) is 50.8 Å². The average Bonchev–Trinajstić information content (AvgIpc) is 3.00. The van der Waals surface area contributed by atoms with Crippen LogP contribution in [0.2, 0.25) is 0 Å². The van der Waals surface area contributed by atoms with Gasteiger partial charge in [0.05, 0.1) is 6.07 Å². The van der Waals surface area contributed by atoms with Gasteiger partial charge in [-0.15, -0.1) is 11.3 Å². The number of nitrogens with one attached hydrogen (secondary N) is 1. The summed E-state index contributed by atoms with van der Waals surface area (Å²) in [6, 6.07) is 6.40. The number of hydrogen-bond acceptors (Lipinski definition) is 3. The maximum absolute atomic E-state index is 12.4. The summed E-state index contributed by atoms with van der Waals surface area (Å²) in [5.41, 5.74) is -0.876. The van der Waals surface area contributed by atoms with Crippen molar-refractivity contribution in [1.82, 2.24) is 5.32 Å². The van der Waals surface area contributed by atoms with E-state index in [1.54, 1.807) is 11.3 Å². The first-order chi connectivity index (χ1) is 9.50. The van der Waals surface area contributed by atoms with E-state index in [4.69, 9.17) is 0 Å². The number of thiophene rings is 1. The molecule has 1 amide bonds. The standard InChI is InChI=1S/C16H22N2OS/c1-15(2,13-7-6-10-20-13)12-18-14(19)16(11-17)8-4-3-5-9-16/h6-7,10H,3-5,8-9,12H2,1-2H3,(H,18,19). The van der Waals surface area contributed by atoms with Crippen LogP contribution in [-0.2, 0) is 10.2 Å². The van der Waals surface area contributed by atoms with Gasteiger partial charge in [-0.2, -0.15) is 5.26 Å². The molecule has 0 bridgehead atoms. The van der Waals surface area contributed by atoms with Crippen LogP contribution in [0.25, 0.3) is 0 Å². The smallest absolute Gasteiger partial charge is 0.240 e. The molecule has 4 heteroatoms. The molecule has 0 aliphatic heterocycles. The van der Waals surface area contributed by atoms with Crippen molar-refractivity contribution in [2.24, 2.45) is 5.41 Å². The molecule has 1 saturated carbocycles. The van der Waals surface area contributed by atoms with Crippen LogP contribution in [0.15, 0.2) is 17.5 Å². The van der Waals surface area contributed by atoms with E-state index in [0.717, 1.165) is 19.3 Å². The van der Waals surface area contributed by atoms with Crippen LogP contribution in [0.4, 0.5) is 0 Å². The van der Waals surface area contributed by atoms with Crippen LogP contribution in [0.5, 0.6) is 0 Å². The minimum Gasteiger partial charge on any atom is -0.354 e. The van der Waals surface area contributed by atoms with E-state index < -0.39 is 5.41 Å². The van der Waals surface area contributed by atoms with E-state index in [2.05, 4.69) is 36.7 Å². The molecule has 3 nitrogen and oxygen atoms in total. The molecule has 0 spiro atoms. The lowest BCUT2D eigenvalue weighted by molar-refractivity contribution is -0.129. The fourth-order valence-corrected chi connectivity index (χ4v) is 3.62. The monoisotopic (exact) mass is 290 g/mol. The Hall–Kier alpha value is -1.34. The summed E-state index contributed by atoms with van der Waals surface area (Å²) in [5.74, 6) is -0.0793. The Morgan fingerprint density at radius 1 is 1.45 bits per heavy atom. The summed E-state index contributed by atoms with van der Waals surface area (Å²) in [4.78, 5) is 13.7. The second-order valence-electron chi connectivity index (χ2n) is 6.30. The molecule has 1 aliphatic rings. The van der Waals surface area contributed by atoms with Gasteiger partial charge in [0.2, 0.25) is 5.91 Å². The van der Waals surface area contributed by atoms with Crippen LogP contribution in [0, 0.1) is 16.7 Å². The fourth-order valence-electron chi connectivity index (χ4n) is 2.77. The van der Waals surface area contributed by atoms with Gasteiger partial charge in [-0.1, -0.05) is 39.2 Å². The SMILES string of the molecule is CC(C)(CNC(=O)C1(C#N)CCCCC1)c1cccs1. The maximum atomic E-state index is 12.4. The lowest BCUT2D eigenvalue weighted by Gasteiger charge is -2.31. The topological polar surface area (TPSA) is 52.9 Å². The number of amides is 1. The number of rotatable bonds is 4. The van der Waals surface area contributed by atoms with Crippen molar-refractivity contribution in [3.63, 3.8) is 0 Å². The Bertz CT molecular complexity index is 493. The number of carbonyl (C=O) groups is 1. The fraction of sp³-hybridized carbons (Fsp3) is 0.625. The number of carbonyl (C=O) groups excluding carboxylic acids is 1. The van der Waals surface area contributed by atoms with Gasteiger partial charge in [-0.05, 0) is 24.3 Å². The van der Waals surface area contributed by atoms with Crippen molar-refractivity contribution in [2.45, 2.75) is 51.4 Å². The van der Waals surface area contributed by atoms with E-state index in [-0.39, 0.29) is 11.3 Å².